The topological polar surface area (TPSA) is 72.2 Å². The molecule has 3 aromatic rings. The van der Waals surface area contributed by atoms with E-state index in [0.29, 0.717) is 9.97 Å². The summed E-state index contributed by atoms with van der Waals surface area (Å²) in [5.41, 5.74) is 0.807. The summed E-state index contributed by atoms with van der Waals surface area (Å²) in [5.74, 6) is 0.691. The molecule has 0 aliphatic carbocycles. The lowest BCUT2D eigenvalue weighted by Gasteiger charge is -2.03. The average molecular weight is 354 g/mol. The lowest BCUT2D eigenvalue weighted by atomic mass is 10.4. The molecule has 0 aliphatic heterocycles. The SMILES string of the molecule is Cc1ccc(S(=O)(=O)NCc2sc(-c3ccco3)nc2C)s1. The first-order chi connectivity index (χ1) is 10.5. The van der Waals surface area contributed by atoms with Gasteiger partial charge in [-0.25, -0.2) is 18.1 Å². The summed E-state index contributed by atoms with van der Waals surface area (Å²) >= 11 is 2.69. The summed E-state index contributed by atoms with van der Waals surface area (Å²) in [6.07, 6.45) is 1.59. The van der Waals surface area contributed by atoms with Crippen molar-refractivity contribution in [3.8, 4) is 10.8 Å². The Morgan fingerprint density at radius 1 is 1.23 bits per heavy atom. The highest BCUT2D eigenvalue weighted by atomic mass is 32.2. The van der Waals surface area contributed by atoms with Crippen LogP contribution in [-0.2, 0) is 16.6 Å². The van der Waals surface area contributed by atoms with E-state index < -0.39 is 10.0 Å². The summed E-state index contributed by atoms with van der Waals surface area (Å²) in [5, 5.41) is 0.753. The van der Waals surface area contributed by atoms with E-state index in [1.807, 2.05) is 19.9 Å². The quantitative estimate of drug-likeness (QED) is 0.760. The van der Waals surface area contributed by atoms with Crippen molar-refractivity contribution in [3.05, 3.63) is 46.0 Å². The fourth-order valence-corrected chi connectivity index (χ4v) is 5.27. The Labute approximate surface area is 136 Å². The predicted octanol–water partition coefficient (Wildman–Crippen LogP) is 3.56. The molecule has 3 heterocycles. The van der Waals surface area contributed by atoms with Crippen LogP contribution in [0.1, 0.15) is 15.4 Å². The van der Waals surface area contributed by atoms with Crippen molar-refractivity contribution in [2.24, 2.45) is 0 Å². The Balaban J connectivity index is 1.77. The Bertz CT molecular complexity index is 876. The van der Waals surface area contributed by atoms with Crippen LogP contribution in [-0.4, -0.2) is 13.4 Å². The number of rotatable bonds is 5. The molecule has 22 heavy (non-hydrogen) atoms. The van der Waals surface area contributed by atoms with Gasteiger partial charge in [0.15, 0.2) is 10.8 Å². The Kier molecular flexibility index (Phi) is 4.18. The highest BCUT2D eigenvalue weighted by Crippen LogP contribution is 2.28. The van der Waals surface area contributed by atoms with E-state index in [-0.39, 0.29) is 6.54 Å². The molecular formula is C14H14N2O3S3. The van der Waals surface area contributed by atoms with Crippen LogP contribution in [0.25, 0.3) is 10.8 Å². The van der Waals surface area contributed by atoms with E-state index in [1.165, 1.54) is 22.7 Å². The summed E-state index contributed by atoms with van der Waals surface area (Å²) in [6.45, 7) is 3.97. The molecule has 3 rings (SSSR count). The van der Waals surface area contributed by atoms with Gasteiger partial charge in [-0.05, 0) is 38.1 Å². The van der Waals surface area contributed by atoms with Crippen molar-refractivity contribution in [3.63, 3.8) is 0 Å². The molecule has 0 saturated heterocycles. The lowest BCUT2D eigenvalue weighted by molar-refractivity contribution is 0.581. The molecule has 0 bridgehead atoms. The first-order valence-corrected chi connectivity index (χ1v) is 9.63. The number of nitrogens with zero attached hydrogens (tertiary/aromatic N) is 1. The summed E-state index contributed by atoms with van der Waals surface area (Å²) in [7, 11) is -3.47. The van der Waals surface area contributed by atoms with Crippen LogP contribution in [0.15, 0.2) is 39.2 Å². The number of sulfonamides is 1. The number of hydrogen-bond donors (Lipinski definition) is 1. The van der Waals surface area contributed by atoms with Crippen LogP contribution in [0.5, 0.6) is 0 Å². The molecule has 0 aromatic carbocycles. The number of aryl methyl sites for hydroxylation is 2. The van der Waals surface area contributed by atoms with Gasteiger partial charge in [-0.2, -0.15) is 0 Å². The van der Waals surface area contributed by atoms with Crippen LogP contribution in [0.3, 0.4) is 0 Å². The van der Waals surface area contributed by atoms with Crippen molar-refractivity contribution in [2.75, 3.05) is 0 Å². The van der Waals surface area contributed by atoms with Gasteiger partial charge < -0.3 is 4.42 Å². The molecule has 0 radical (unpaired) electrons. The number of furan rings is 1. The highest BCUT2D eigenvalue weighted by Gasteiger charge is 2.18. The van der Waals surface area contributed by atoms with Gasteiger partial charge in [0.2, 0.25) is 10.0 Å². The minimum Gasteiger partial charge on any atom is -0.462 e. The second kappa shape index (κ2) is 5.96. The van der Waals surface area contributed by atoms with Crippen LogP contribution < -0.4 is 4.72 Å². The van der Waals surface area contributed by atoms with Gasteiger partial charge in [-0.15, -0.1) is 22.7 Å². The number of thiazole rings is 1. The predicted molar refractivity (Wildman–Crippen MR) is 87.6 cm³/mol. The molecule has 0 fully saturated rings. The zero-order chi connectivity index (χ0) is 15.7. The van der Waals surface area contributed by atoms with Crippen molar-refractivity contribution >= 4 is 32.7 Å². The number of thiophene rings is 1. The van der Waals surface area contributed by atoms with Gasteiger partial charge in [0, 0.05) is 16.3 Å². The van der Waals surface area contributed by atoms with Crippen LogP contribution in [0, 0.1) is 13.8 Å². The van der Waals surface area contributed by atoms with Crippen molar-refractivity contribution in [2.45, 2.75) is 24.6 Å². The minimum absolute atomic E-state index is 0.226. The maximum Gasteiger partial charge on any atom is 0.250 e. The summed E-state index contributed by atoms with van der Waals surface area (Å²) in [6, 6.07) is 7.05. The second-order valence-electron chi connectivity index (χ2n) is 4.69. The molecule has 0 unspecified atom stereocenters. The number of nitrogens with one attached hydrogen (secondary N) is 1. The molecule has 0 atom stereocenters. The molecule has 3 aromatic heterocycles. The number of aromatic nitrogens is 1. The molecule has 0 spiro atoms. The van der Waals surface area contributed by atoms with Gasteiger partial charge in [0.25, 0.3) is 0 Å². The fourth-order valence-electron chi connectivity index (χ4n) is 1.89. The zero-order valence-corrected chi connectivity index (χ0v) is 14.4. The summed E-state index contributed by atoms with van der Waals surface area (Å²) in [4.78, 5) is 6.27. The van der Waals surface area contributed by atoms with Crippen molar-refractivity contribution in [1.29, 1.82) is 0 Å². The van der Waals surface area contributed by atoms with E-state index in [4.69, 9.17) is 4.42 Å². The number of hydrogen-bond acceptors (Lipinski definition) is 6. The van der Waals surface area contributed by atoms with Gasteiger partial charge in [0.1, 0.15) is 4.21 Å². The molecule has 5 nitrogen and oxygen atoms in total. The van der Waals surface area contributed by atoms with Crippen molar-refractivity contribution < 1.29 is 12.8 Å². The van der Waals surface area contributed by atoms with Crippen LogP contribution >= 0.6 is 22.7 Å². The smallest absolute Gasteiger partial charge is 0.250 e. The van der Waals surface area contributed by atoms with E-state index in [1.54, 1.807) is 24.5 Å². The van der Waals surface area contributed by atoms with E-state index in [2.05, 4.69) is 9.71 Å². The third-order valence-electron chi connectivity index (χ3n) is 3.03. The Morgan fingerprint density at radius 3 is 2.68 bits per heavy atom. The monoisotopic (exact) mass is 354 g/mol. The first kappa shape index (κ1) is 15.4. The zero-order valence-electron chi connectivity index (χ0n) is 12.0. The molecule has 0 saturated carbocycles. The third-order valence-corrected chi connectivity index (χ3v) is 7.09. The molecule has 1 N–H and O–H groups in total. The highest BCUT2D eigenvalue weighted by molar-refractivity contribution is 7.91. The molecular weight excluding hydrogens is 340 g/mol. The Morgan fingerprint density at radius 2 is 2.05 bits per heavy atom. The standard InChI is InChI=1S/C14H14N2O3S3/c1-9-5-6-13(20-9)22(17,18)15-8-12-10(2)16-14(21-12)11-4-3-7-19-11/h3-7,15H,8H2,1-2H3. The van der Waals surface area contributed by atoms with Gasteiger partial charge in [0.05, 0.1) is 12.0 Å². The first-order valence-electron chi connectivity index (χ1n) is 6.52. The molecule has 8 heteroatoms. The second-order valence-corrected chi connectivity index (χ2v) is 9.06. The molecule has 0 aliphatic rings. The van der Waals surface area contributed by atoms with Crippen molar-refractivity contribution in [1.82, 2.24) is 9.71 Å². The molecule has 116 valence electrons. The Hall–Kier alpha value is -1.48. The van der Waals surface area contributed by atoms with Gasteiger partial charge >= 0.3 is 0 Å². The summed E-state index contributed by atoms with van der Waals surface area (Å²) < 4.78 is 32.7. The fraction of sp³-hybridized carbons (Fsp3) is 0.214. The minimum atomic E-state index is -3.47. The molecule has 0 amide bonds. The van der Waals surface area contributed by atoms with Crippen LogP contribution in [0.4, 0.5) is 0 Å². The van der Waals surface area contributed by atoms with Crippen LogP contribution in [0.2, 0.25) is 0 Å². The van der Waals surface area contributed by atoms with E-state index in [0.717, 1.165) is 20.5 Å². The maximum atomic E-state index is 12.2. The van der Waals surface area contributed by atoms with Gasteiger partial charge in [-0.3, -0.25) is 0 Å². The average Bonchev–Trinajstić information content (AvgIpc) is 3.17. The largest absolute Gasteiger partial charge is 0.462 e. The lowest BCUT2D eigenvalue weighted by Crippen LogP contribution is -2.22. The van der Waals surface area contributed by atoms with E-state index >= 15 is 0 Å². The van der Waals surface area contributed by atoms with Gasteiger partial charge in [-0.1, -0.05) is 0 Å². The third kappa shape index (κ3) is 3.14. The van der Waals surface area contributed by atoms with E-state index in [9.17, 15) is 8.42 Å². The maximum absolute atomic E-state index is 12.2. The normalized spacial score (nSPS) is 11.9.